The number of rotatable bonds is 14. The van der Waals surface area contributed by atoms with Crippen molar-refractivity contribution in [3.05, 3.63) is 0 Å². The summed E-state index contributed by atoms with van der Waals surface area (Å²) in [6.07, 6.45) is -0.792. The second-order valence-electron chi connectivity index (χ2n) is 8.94. The van der Waals surface area contributed by atoms with Crippen LogP contribution in [0.3, 0.4) is 0 Å². The topological polar surface area (TPSA) is 212 Å². The molecule has 0 rings (SSSR count). The van der Waals surface area contributed by atoms with Crippen LogP contribution in [0.25, 0.3) is 0 Å². The molecule has 11 heteroatoms. The number of hydrogen-bond acceptors (Lipinski definition) is 11. The zero-order chi connectivity index (χ0) is 25.1. The van der Waals surface area contributed by atoms with Crippen LogP contribution in [0.15, 0.2) is 0 Å². The summed E-state index contributed by atoms with van der Waals surface area (Å²) in [6.45, 7) is 5.51. The van der Waals surface area contributed by atoms with E-state index in [2.05, 4.69) is 0 Å². The molecule has 0 aliphatic carbocycles. The van der Waals surface area contributed by atoms with Gasteiger partial charge in [-0.05, 0) is 0 Å². The summed E-state index contributed by atoms with van der Waals surface area (Å²) in [7, 11) is 0. The smallest absolute Gasteiger partial charge is 0.0818 e. The van der Waals surface area contributed by atoms with Crippen LogP contribution in [0.1, 0.15) is 27.7 Å². The maximum absolute atomic E-state index is 9.24. The van der Waals surface area contributed by atoms with Gasteiger partial charge in [0.1, 0.15) is 0 Å². The lowest BCUT2D eigenvalue weighted by atomic mass is 9.94. The van der Waals surface area contributed by atoms with Crippen molar-refractivity contribution in [1.29, 1.82) is 0 Å². The first-order valence-electron chi connectivity index (χ1n) is 10.1. The van der Waals surface area contributed by atoms with Crippen LogP contribution in [0.5, 0.6) is 0 Å². The molecule has 0 saturated carbocycles. The molecule has 0 aliphatic rings. The molecule has 0 aromatic heterocycles. The van der Waals surface area contributed by atoms with Crippen LogP contribution in [-0.4, -0.2) is 130 Å². The monoisotopic (exact) mass is 462 g/mol. The predicted molar refractivity (Wildman–Crippen MR) is 114 cm³/mol. The molecule has 0 spiro atoms. The summed E-state index contributed by atoms with van der Waals surface area (Å²) < 4.78 is 5.27. The molecule has 0 amide bonds. The molecule has 0 aliphatic heterocycles. The maximum atomic E-state index is 9.24. The molecule has 0 radical (unpaired) electrons. The summed E-state index contributed by atoms with van der Waals surface area (Å²) in [4.78, 5) is 0. The van der Waals surface area contributed by atoms with Gasteiger partial charge in [-0.15, -0.1) is 0 Å². The lowest BCUT2D eigenvalue weighted by Gasteiger charge is -2.25. The number of hydrogen-bond donors (Lipinski definition) is 10. The van der Waals surface area contributed by atoms with Gasteiger partial charge in [0.2, 0.25) is 0 Å². The average molecular weight is 463 g/mol. The van der Waals surface area contributed by atoms with Gasteiger partial charge in [0.05, 0.1) is 78.8 Å². The number of aliphatic hydroxyl groups excluding tert-OH is 10. The average Bonchev–Trinajstić information content (AvgIpc) is 2.82. The minimum Gasteiger partial charge on any atom is -0.396 e. The van der Waals surface area contributed by atoms with E-state index in [4.69, 9.17) is 50.7 Å². The minimum absolute atomic E-state index is 0.152. The highest BCUT2D eigenvalue weighted by molar-refractivity contribution is 4.72. The standard InChI is InChI=1S/C10H22O5.2C5H12O3/c1-8(9(14)3-11)4-15-7-10(2,5-12)6-13;2*1-5(2-6,3-7)4-8/h8-9,11-14H,3-7H2,1-2H3;2*6-8H,2-4H2,1H3. The van der Waals surface area contributed by atoms with Gasteiger partial charge in [-0.25, -0.2) is 0 Å². The van der Waals surface area contributed by atoms with Crippen LogP contribution >= 0.6 is 0 Å². The fourth-order valence-electron chi connectivity index (χ4n) is 1.22. The molecule has 0 heterocycles. The van der Waals surface area contributed by atoms with Gasteiger partial charge in [0, 0.05) is 22.2 Å². The second-order valence-corrected chi connectivity index (χ2v) is 8.94. The number of aliphatic hydroxyl groups is 10. The third kappa shape index (κ3) is 16.8. The van der Waals surface area contributed by atoms with E-state index in [9.17, 15) is 5.11 Å². The Morgan fingerprint density at radius 3 is 1.06 bits per heavy atom. The van der Waals surface area contributed by atoms with Crippen molar-refractivity contribution < 1.29 is 55.8 Å². The van der Waals surface area contributed by atoms with E-state index in [1.807, 2.05) is 0 Å². The summed E-state index contributed by atoms with van der Waals surface area (Å²) >= 11 is 0. The normalized spacial score (nSPS) is 14.1. The van der Waals surface area contributed by atoms with E-state index in [1.54, 1.807) is 27.7 Å². The van der Waals surface area contributed by atoms with Gasteiger partial charge in [-0.2, -0.15) is 0 Å². The minimum atomic E-state index is -0.792. The lowest BCUT2D eigenvalue weighted by molar-refractivity contribution is -0.0452. The molecule has 2 unspecified atom stereocenters. The highest BCUT2D eigenvalue weighted by Gasteiger charge is 2.24. The maximum Gasteiger partial charge on any atom is 0.0818 e. The largest absolute Gasteiger partial charge is 0.396 e. The van der Waals surface area contributed by atoms with Gasteiger partial charge in [-0.3, -0.25) is 0 Å². The first-order valence-corrected chi connectivity index (χ1v) is 10.1. The fraction of sp³-hybridized carbons (Fsp3) is 1.00. The van der Waals surface area contributed by atoms with Crippen LogP contribution in [-0.2, 0) is 4.74 Å². The molecule has 0 aromatic carbocycles. The van der Waals surface area contributed by atoms with Crippen LogP contribution in [0.4, 0.5) is 0 Å². The Morgan fingerprint density at radius 2 is 0.871 bits per heavy atom. The Balaban J connectivity index is -0.000000415. The van der Waals surface area contributed by atoms with E-state index < -0.39 is 22.3 Å². The first-order chi connectivity index (χ1) is 14.4. The van der Waals surface area contributed by atoms with E-state index in [1.165, 1.54) is 0 Å². The number of ether oxygens (including phenoxy) is 1. The van der Waals surface area contributed by atoms with Crippen LogP contribution in [0, 0.1) is 22.2 Å². The summed E-state index contributed by atoms with van der Waals surface area (Å²) in [5.41, 5.74) is -2.07. The molecule has 0 bridgehead atoms. The highest BCUT2D eigenvalue weighted by Crippen LogP contribution is 2.15. The van der Waals surface area contributed by atoms with Crippen molar-refractivity contribution in [2.24, 2.45) is 22.2 Å². The highest BCUT2D eigenvalue weighted by atomic mass is 16.5. The lowest BCUT2D eigenvalue weighted by Crippen LogP contribution is -2.33. The van der Waals surface area contributed by atoms with Crippen molar-refractivity contribution in [3.63, 3.8) is 0 Å². The summed E-state index contributed by atoms with van der Waals surface area (Å²) in [5.74, 6) is -0.170. The van der Waals surface area contributed by atoms with E-state index in [-0.39, 0.29) is 78.6 Å². The quantitative estimate of drug-likeness (QED) is 0.125. The van der Waals surface area contributed by atoms with E-state index in [0.29, 0.717) is 0 Å². The molecule has 192 valence electrons. The van der Waals surface area contributed by atoms with E-state index >= 15 is 0 Å². The van der Waals surface area contributed by atoms with Gasteiger partial charge in [-0.1, -0.05) is 27.7 Å². The molecule has 2 atom stereocenters. The van der Waals surface area contributed by atoms with Crippen molar-refractivity contribution >= 4 is 0 Å². The third-order valence-corrected chi connectivity index (χ3v) is 4.73. The van der Waals surface area contributed by atoms with Crippen LogP contribution in [0.2, 0.25) is 0 Å². The third-order valence-electron chi connectivity index (χ3n) is 4.73. The molecular formula is C20H46O11. The van der Waals surface area contributed by atoms with Gasteiger partial charge in [0.15, 0.2) is 0 Å². The van der Waals surface area contributed by atoms with Crippen molar-refractivity contribution in [1.82, 2.24) is 0 Å². The molecule has 0 saturated heterocycles. The summed E-state index contributed by atoms with van der Waals surface area (Å²) in [6, 6.07) is 0. The molecule has 0 fully saturated rings. The van der Waals surface area contributed by atoms with Gasteiger partial charge < -0.3 is 55.8 Å². The van der Waals surface area contributed by atoms with Crippen LogP contribution < -0.4 is 0 Å². The molecule has 11 nitrogen and oxygen atoms in total. The van der Waals surface area contributed by atoms with Gasteiger partial charge in [0.25, 0.3) is 0 Å². The Labute approximate surface area is 185 Å². The Hall–Kier alpha value is -0.440. The van der Waals surface area contributed by atoms with E-state index in [0.717, 1.165) is 0 Å². The second kappa shape index (κ2) is 19.1. The first kappa shape index (κ1) is 35.2. The van der Waals surface area contributed by atoms with Crippen molar-refractivity contribution in [2.45, 2.75) is 33.8 Å². The SMILES string of the molecule is CC(CO)(CO)CO.CC(CO)(CO)CO.CC(COCC(C)(CO)CO)C(O)CO. The molecule has 31 heavy (non-hydrogen) atoms. The zero-order valence-corrected chi connectivity index (χ0v) is 19.3. The zero-order valence-electron chi connectivity index (χ0n) is 19.3. The van der Waals surface area contributed by atoms with Gasteiger partial charge >= 0.3 is 0 Å². The van der Waals surface area contributed by atoms with Crippen molar-refractivity contribution in [3.8, 4) is 0 Å². The Bertz CT molecular complexity index is 349. The fourth-order valence-corrected chi connectivity index (χ4v) is 1.22. The Kier molecular flexibility index (Phi) is 21.6. The molecule has 10 N–H and O–H groups in total. The molecular weight excluding hydrogens is 416 g/mol. The predicted octanol–water partition coefficient (Wildman–Crippen LogP) is -3.08. The summed E-state index contributed by atoms with van der Waals surface area (Å²) in [5, 5.41) is 86.7. The molecule has 0 aromatic rings. The Morgan fingerprint density at radius 1 is 0.581 bits per heavy atom. The van der Waals surface area contributed by atoms with Crippen molar-refractivity contribution in [2.75, 3.05) is 72.7 Å².